The van der Waals surface area contributed by atoms with Gasteiger partial charge < -0.3 is 10.6 Å². The summed E-state index contributed by atoms with van der Waals surface area (Å²) < 4.78 is 0. The van der Waals surface area contributed by atoms with Gasteiger partial charge >= 0.3 is 0 Å². The van der Waals surface area contributed by atoms with Gasteiger partial charge in [0.1, 0.15) is 0 Å². The summed E-state index contributed by atoms with van der Waals surface area (Å²) in [4.78, 5) is 14.5. The second kappa shape index (κ2) is 5.60. The Balaban J connectivity index is 1.84. The van der Waals surface area contributed by atoms with Crippen LogP contribution in [-0.4, -0.2) is 30.4 Å². The van der Waals surface area contributed by atoms with Gasteiger partial charge in [0, 0.05) is 19.0 Å². The van der Waals surface area contributed by atoms with Crippen LogP contribution in [0.1, 0.15) is 52.4 Å². The first kappa shape index (κ1) is 13.9. The Morgan fingerprint density at radius 1 is 1.22 bits per heavy atom. The van der Waals surface area contributed by atoms with Crippen LogP contribution in [0, 0.1) is 17.3 Å². The van der Waals surface area contributed by atoms with E-state index < -0.39 is 0 Å². The summed E-state index contributed by atoms with van der Waals surface area (Å²) in [6, 6.07) is 0. The Morgan fingerprint density at radius 2 is 1.78 bits per heavy atom. The minimum absolute atomic E-state index is 0.262. The lowest BCUT2D eigenvalue weighted by Crippen LogP contribution is -2.47. The predicted molar refractivity (Wildman–Crippen MR) is 74.1 cm³/mol. The standard InChI is InChI=1S/C15H28N2O/c1-12-3-5-13(6-4-12)14(18)17-9-7-15(2,11-16)8-10-17/h12-13H,3-11,16H2,1-2H3. The molecule has 3 heteroatoms. The molecule has 0 unspecified atom stereocenters. The number of carbonyl (C=O) groups excluding carboxylic acids is 1. The molecule has 1 saturated heterocycles. The highest BCUT2D eigenvalue weighted by molar-refractivity contribution is 5.79. The summed E-state index contributed by atoms with van der Waals surface area (Å²) in [6.45, 7) is 7.12. The molecule has 1 amide bonds. The third-order valence-corrected chi connectivity index (χ3v) is 5.14. The maximum atomic E-state index is 12.5. The summed E-state index contributed by atoms with van der Waals surface area (Å²) in [5.41, 5.74) is 6.08. The molecule has 0 aromatic rings. The van der Waals surface area contributed by atoms with Crippen LogP contribution in [0.2, 0.25) is 0 Å². The quantitative estimate of drug-likeness (QED) is 0.820. The predicted octanol–water partition coefficient (Wildman–Crippen LogP) is 2.40. The fourth-order valence-corrected chi connectivity index (χ4v) is 3.24. The molecule has 1 saturated carbocycles. The zero-order valence-electron chi connectivity index (χ0n) is 12.0. The average molecular weight is 252 g/mol. The zero-order valence-corrected chi connectivity index (χ0v) is 12.0. The van der Waals surface area contributed by atoms with Crippen LogP contribution in [0.5, 0.6) is 0 Å². The molecule has 1 aliphatic carbocycles. The Bertz CT molecular complexity index is 287. The van der Waals surface area contributed by atoms with E-state index in [1.807, 2.05) is 0 Å². The van der Waals surface area contributed by atoms with E-state index in [-0.39, 0.29) is 5.41 Å². The van der Waals surface area contributed by atoms with Crippen LogP contribution in [0.4, 0.5) is 0 Å². The van der Waals surface area contributed by atoms with Crippen molar-refractivity contribution in [2.24, 2.45) is 23.0 Å². The van der Waals surface area contributed by atoms with Crippen molar-refractivity contribution < 1.29 is 4.79 Å². The Labute approximate surface area is 111 Å². The molecule has 1 aliphatic heterocycles. The van der Waals surface area contributed by atoms with Gasteiger partial charge in [-0.25, -0.2) is 0 Å². The van der Waals surface area contributed by atoms with Gasteiger partial charge in [0.2, 0.25) is 5.91 Å². The maximum Gasteiger partial charge on any atom is 0.225 e. The summed E-state index contributed by atoms with van der Waals surface area (Å²) in [6.07, 6.45) is 6.79. The molecule has 2 N–H and O–H groups in total. The largest absolute Gasteiger partial charge is 0.342 e. The summed E-state index contributed by atoms with van der Waals surface area (Å²) in [5, 5.41) is 0. The second-order valence-corrected chi connectivity index (χ2v) is 6.80. The number of piperidine rings is 1. The number of carbonyl (C=O) groups is 1. The van der Waals surface area contributed by atoms with Crippen LogP contribution in [0.25, 0.3) is 0 Å². The number of rotatable bonds is 2. The van der Waals surface area contributed by atoms with E-state index in [1.165, 1.54) is 12.8 Å². The van der Waals surface area contributed by atoms with E-state index in [0.717, 1.165) is 51.2 Å². The molecule has 1 heterocycles. The fraction of sp³-hybridized carbons (Fsp3) is 0.933. The van der Waals surface area contributed by atoms with E-state index in [0.29, 0.717) is 11.8 Å². The van der Waals surface area contributed by atoms with E-state index in [4.69, 9.17) is 5.73 Å². The Kier molecular flexibility index (Phi) is 4.31. The molecule has 2 fully saturated rings. The highest BCUT2D eigenvalue weighted by Crippen LogP contribution is 2.33. The van der Waals surface area contributed by atoms with Crippen molar-refractivity contribution in [2.45, 2.75) is 52.4 Å². The first-order valence-corrected chi connectivity index (χ1v) is 7.53. The Morgan fingerprint density at radius 3 is 2.28 bits per heavy atom. The maximum absolute atomic E-state index is 12.5. The number of likely N-dealkylation sites (tertiary alicyclic amines) is 1. The van der Waals surface area contributed by atoms with E-state index in [2.05, 4.69) is 18.7 Å². The zero-order chi connectivity index (χ0) is 13.2. The van der Waals surface area contributed by atoms with Crippen LogP contribution in [0.3, 0.4) is 0 Å². The monoisotopic (exact) mass is 252 g/mol. The highest BCUT2D eigenvalue weighted by atomic mass is 16.2. The average Bonchev–Trinajstić information content (AvgIpc) is 2.40. The van der Waals surface area contributed by atoms with Gasteiger partial charge in [0.25, 0.3) is 0 Å². The molecule has 0 bridgehead atoms. The summed E-state index contributed by atoms with van der Waals surface area (Å²) in [5.74, 6) is 1.54. The normalized spacial score (nSPS) is 32.3. The van der Waals surface area contributed by atoms with Crippen molar-refractivity contribution >= 4 is 5.91 Å². The van der Waals surface area contributed by atoms with Gasteiger partial charge in [0.05, 0.1) is 0 Å². The second-order valence-electron chi connectivity index (χ2n) is 6.80. The van der Waals surface area contributed by atoms with Gasteiger partial charge in [0.15, 0.2) is 0 Å². The van der Waals surface area contributed by atoms with Crippen LogP contribution in [0.15, 0.2) is 0 Å². The van der Waals surface area contributed by atoms with Crippen molar-refractivity contribution in [1.29, 1.82) is 0 Å². The number of nitrogens with two attached hydrogens (primary N) is 1. The number of amides is 1. The summed E-state index contributed by atoms with van der Waals surface area (Å²) in [7, 11) is 0. The third-order valence-electron chi connectivity index (χ3n) is 5.14. The minimum atomic E-state index is 0.262. The highest BCUT2D eigenvalue weighted by Gasteiger charge is 2.34. The number of hydrogen-bond donors (Lipinski definition) is 1. The van der Waals surface area contributed by atoms with Crippen molar-refractivity contribution in [1.82, 2.24) is 4.90 Å². The SMILES string of the molecule is CC1CCC(C(=O)N2CCC(C)(CN)CC2)CC1. The lowest BCUT2D eigenvalue weighted by atomic mass is 9.79. The first-order valence-electron chi connectivity index (χ1n) is 7.53. The van der Waals surface area contributed by atoms with E-state index >= 15 is 0 Å². The van der Waals surface area contributed by atoms with Crippen molar-refractivity contribution in [3.05, 3.63) is 0 Å². The van der Waals surface area contributed by atoms with Gasteiger partial charge in [-0.1, -0.05) is 13.8 Å². The smallest absolute Gasteiger partial charge is 0.225 e. The fourth-order valence-electron chi connectivity index (χ4n) is 3.24. The Hall–Kier alpha value is -0.570. The minimum Gasteiger partial charge on any atom is -0.342 e. The molecule has 0 aromatic carbocycles. The van der Waals surface area contributed by atoms with E-state index in [9.17, 15) is 4.79 Å². The first-order chi connectivity index (χ1) is 8.54. The molecular weight excluding hydrogens is 224 g/mol. The summed E-state index contributed by atoms with van der Waals surface area (Å²) >= 11 is 0. The lowest BCUT2D eigenvalue weighted by Gasteiger charge is -2.40. The van der Waals surface area contributed by atoms with Gasteiger partial charge in [-0.05, 0) is 56.4 Å². The van der Waals surface area contributed by atoms with Crippen molar-refractivity contribution in [3.8, 4) is 0 Å². The van der Waals surface area contributed by atoms with Gasteiger partial charge in [-0.3, -0.25) is 4.79 Å². The molecule has 18 heavy (non-hydrogen) atoms. The number of hydrogen-bond acceptors (Lipinski definition) is 2. The molecule has 0 aromatic heterocycles. The van der Waals surface area contributed by atoms with Crippen molar-refractivity contribution in [2.75, 3.05) is 19.6 Å². The van der Waals surface area contributed by atoms with Crippen LogP contribution in [-0.2, 0) is 4.79 Å². The van der Waals surface area contributed by atoms with Gasteiger partial charge in [-0.2, -0.15) is 0 Å². The molecule has 0 atom stereocenters. The third kappa shape index (κ3) is 3.05. The van der Waals surface area contributed by atoms with Crippen LogP contribution < -0.4 is 5.73 Å². The molecule has 3 nitrogen and oxygen atoms in total. The lowest BCUT2D eigenvalue weighted by molar-refractivity contribution is -0.139. The molecule has 2 rings (SSSR count). The molecule has 104 valence electrons. The van der Waals surface area contributed by atoms with Crippen LogP contribution >= 0.6 is 0 Å². The van der Waals surface area contributed by atoms with Crippen molar-refractivity contribution in [3.63, 3.8) is 0 Å². The molecular formula is C15H28N2O. The van der Waals surface area contributed by atoms with E-state index in [1.54, 1.807) is 0 Å². The number of nitrogens with zero attached hydrogens (tertiary/aromatic N) is 1. The van der Waals surface area contributed by atoms with Gasteiger partial charge in [-0.15, -0.1) is 0 Å². The molecule has 0 spiro atoms. The molecule has 2 aliphatic rings. The topological polar surface area (TPSA) is 46.3 Å². The molecule has 0 radical (unpaired) electrons.